The molecule has 4 atom stereocenters. The van der Waals surface area contributed by atoms with Crippen LogP contribution < -0.4 is 27.0 Å². The van der Waals surface area contributed by atoms with Gasteiger partial charge < -0.3 is 41.8 Å². The predicted octanol–water partition coefficient (Wildman–Crippen LogP) is 5.69. The fraction of sp³-hybridized carbons (Fsp3) is 0.373. The summed E-state index contributed by atoms with van der Waals surface area (Å²) in [4.78, 5) is 71.7. The number of nitrogens with zero attached hydrogens (tertiary/aromatic N) is 2. The number of carbonyl (C=O) groups excluding carboxylic acids is 4. The van der Waals surface area contributed by atoms with E-state index in [1.54, 1.807) is 18.5 Å². The van der Waals surface area contributed by atoms with E-state index in [9.17, 15) is 34.2 Å². The molecule has 5 rings (SSSR count). The SMILES string of the molecule is CCCCCCCC(=O)NCCCC(NC(=O)C(N)Cc1cn(C(c2ccccc2)c2ccccc2)cn1)C(=O)NC(Cc1ccc(C)cc1)C(=O)NC(Cc1ccc(O)cc1)C(=O)O. The van der Waals surface area contributed by atoms with Gasteiger partial charge in [0.1, 0.15) is 23.9 Å². The van der Waals surface area contributed by atoms with E-state index in [1.807, 2.05) is 103 Å². The second-order valence-electron chi connectivity index (χ2n) is 16.6. The number of aliphatic carboxylic acids is 1. The van der Waals surface area contributed by atoms with Gasteiger partial charge in [0, 0.05) is 38.4 Å². The summed E-state index contributed by atoms with van der Waals surface area (Å²) in [5.74, 6) is -3.39. The Morgan fingerprint density at radius 2 is 1.22 bits per heavy atom. The largest absolute Gasteiger partial charge is 0.508 e. The topological polar surface area (TPSA) is 218 Å². The summed E-state index contributed by atoms with van der Waals surface area (Å²) in [7, 11) is 0. The van der Waals surface area contributed by atoms with Gasteiger partial charge >= 0.3 is 5.97 Å². The zero-order valence-corrected chi connectivity index (χ0v) is 37.3. The van der Waals surface area contributed by atoms with Gasteiger partial charge in [0.2, 0.25) is 23.6 Å². The van der Waals surface area contributed by atoms with E-state index in [1.165, 1.54) is 12.1 Å². The van der Waals surface area contributed by atoms with Crippen molar-refractivity contribution in [2.24, 2.45) is 5.73 Å². The van der Waals surface area contributed by atoms with E-state index < -0.39 is 47.9 Å². The number of rotatable bonds is 26. The Hall–Kier alpha value is -6.80. The maximum absolute atomic E-state index is 14.3. The van der Waals surface area contributed by atoms with Crippen LogP contribution in [-0.2, 0) is 43.2 Å². The molecule has 4 unspecified atom stereocenters. The normalized spacial score (nSPS) is 13.0. The number of aryl methyl sites for hydroxylation is 1. The maximum atomic E-state index is 14.3. The molecular formula is C51H63N7O7. The first kappa shape index (κ1) is 49.2. The Labute approximate surface area is 381 Å². The number of benzene rings is 4. The van der Waals surface area contributed by atoms with Gasteiger partial charge in [-0.2, -0.15) is 0 Å². The number of aromatic hydroxyl groups is 1. The highest BCUT2D eigenvalue weighted by Gasteiger charge is 2.31. The highest BCUT2D eigenvalue weighted by atomic mass is 16.4. The summed E-state index contributed by atoms with van der Waals surface area (Å²) in [5, 5.41) is 30.9. The molecule has 0 bridgehead atoms. The van der Waals surface area contributed by atoms with Crippen LogP contribution in [0.15, 0.2) is 122 Å². The molecule has 5 aromatic rings. The summed E-state index contributed by atoms with van der Waals surface area (Å²) in [6.07, 6.45) is 9.45. The van der Waals surface area contributed by atoms with Crippen LogP contribution in [0.5, 0.6) is 5.75 Å². The van der Waals surface area contributed by atoms with Gasteiger partial charge in [-0.05, 0) is 60.6 Å². The monoisotopic (exact) mass is 885 g/mol. The third-order valence-electron chi connectivity index (χ3n) is 11.3. The third kappa shape index (κ3) is 16.1. The number of hydrogen-bond acceptors (Lipinski definition) is 8. The number of carboxylic acid groups (broad SMARTS) is 1. The first-order valence-electron chi connectivity index (χ1n) is 22.5. The molecule has 0 aliphatic carbocycles. The average Bonchev–Trinajstić information content (AvgIpc) is 3.76. The molecule has 4 amide bonds. The fourth-order valence-electron chi connectivity index (χ4n) is 7.59. The molecule has 344 valence electrons. The summed E-state index contributed by atoms with van der Waals surface area (Å²) in [5.41, 5.74) is 11.4. The van der Waals surface area contributed by atoms with Gasteiger partial charge in [-0.25, -0.2) is 9.78 Å². The van der Waals surface area contributed by atoms with Crippen LogP contribution in [0.3, 0.4) is 0 Å². The van der Waals surface area contributed by atoms with Crippen LogP contribution in [0, 0.1) is 6.92 Å². The molecule has 14 heteroatoms. The van der Waals surface area contributed by atoms with E-state index >= 15 is 0 Å². The van der Waals surface area contributed by atoms with Crippen molar-refractivity contribution < 1.29 is 34.2 Å². The molecule has 0 aliphatic rings. The minimum Gasteiger partial charge on any atom is -0.508 e. The number of aromatic nitrogens is 2. The smallest absolute Gasteiger partial charge is 0.326 e. The molecule has 0 radical (unpaired) electrons. The van der Waals surface area contributed by atoms with Gasteiger partial charge in [0.05, 0.1) is 24.1 Å². The number of phenols is 1. The number of phenolic OH excluding ortho intramolecular Hbond substituents is 1. The van der Waals surface area contributed by atoms with Crippen molar-refractivity contribution in [2.45, 2.75) is 115 Å². The molecule has 0 fully saturated rings. The van der Waals surface area contributed by atoms with E-state index in [2.05, 4.69) is 33.2 Å². The first-order valence-corrected chi connectivity index (χ1v) is 22.5. The predicted molar refractivity (Wildman–Crippen MR) is 250 cm³/mol. The Morgan fingerprint density at radius 3 is 1.83 bits per heavy atom. The highest BCUT2D eigenvalue weighted by molar-refractivity contribution is 5.94. The summed E-state index contributed by atoms with van der Waals surface area (Å²) < 4.78 is 1.97. The molecule has 1 heterocycles. The molecular weight excluding hydrogens is 823 g/mol. The van der Waals surface area contributed by atoms with Crippen molar-refractivity contribution in [3.63, 3.8) is 0 Å². The molecule has 0 saturated heterocycles. The van der Waals surface area contributed by atoms with E-state index in [0.29, 0.717) is 29.7 Å². The van der Waals surface area contributed by atoms with E-state index in [4.69, 9.17) is 5.73 Å². The average molecular weight is 886 g/mol. The molecule has 0 spiro atoms. The Kier molecular flexibility index (Phi) is 19.3. The second kappa shape index (κ2) is 25.5. The summed E-state index contributed by atoms with van der Waals surface area (Å²) >= 11 is 0. The fourth-order valence-corrected chi connectivity index (χ4v) is 7.59. The molecule has 0 aliphatic heterocycles. The number of imidazole rings is 1. The number of carboxylic acids is 1. The maximum Gasteiger partial charge on any atom is 0.326 e. The van der Waals surface area contributed by atoms with Crippen LogP contribution >= 0.6 is 0 Å². The molecule has 1 aromatic heterocycles. The lowest BCUT2D eigenvalue weighted by Crippen LogP contribution is -2.58. The number of nitrogens with one attached hydrogen (secondary N) is 4. The van der Waals surface area contributed by atoms with Crippen molar-refractivity contribution in [3.05, 3.63) is 155 Å². The first-order chi connectivity index (χ1) is 31.4. The number of unbranched alkanes of at least 4 members (excludes halogenated alkanes) is 4. The minimum absolute atomic E-state index is 0.0138. The molecule has 4 aromatic carbocycles. The zero-order valence-electron chi connectivity index (χ0n) is 37.3. The number of nitrogens with two attached hydrogens (primary N) is 1. The van der Waals surface area contributed by atoms with Crippen LogP contribution in [0.1, 0.15) is 97.8 Å². The lowest BCUT2D eigenvalue weighted by molar-refractivity contribution is -0.142. The number of amides is 4. The third-order valence-corrected chi connectivity index (χ3v) is 11.3. The van der Waals surface area contributed by atoms with Crippen molar-refractivity contribution >= 4 is 29.6 Å². The van der Waals surface area contributed by atoms with Gasteiger partial charge in [0.15, 0.2) is 0 Å². The quantitative estimate of drug-likeness (QED) is 0.0339. The van der Waals surface area contributed by atoms with Gasteiger partial charge in [-0.1, -0.05) is 135 Å². The standard InChI is InChI=1S/C51H63N7O7/c1-3-4-5-6-13-20-46(60)53-29-14-19-43(55-48(61)42(52)32-40-33-58(34-54-40)47(38-15-9-7-10-16-38)39-17-11-8-12-18-39)49(62)56-44(30-36-23-21-35(2)22-24-36)50(63)57-45(51(64)65)31-37-25-27-41(59)28-26-37/h7-12,15-18,21-28,33-34,42-45,47,59H,3-6,13-14,19-20,29-32,52H2,1-2H3,(H,53,60)(H,55,61)(H,56,62)(H,57,63)(H,64,65). The van der Waals surface area contributed by atoms with Crippen molar-refractivity contribution in [3.8, 4) is 5.75 Å². The summed E-state index contributed by atoms with van der Waals surface area (Å²) in [6, 6.07) is 28.3. The van der Waals surface area contributed by atoms with Gasteiger partial charge in [-0.3, -0.25) is 19.2 Å². The van der Waals surface area contributed by atoms with Crippen molar-refractivity contribution in [2.75, 3.05) is 6.54 Å². The van der Waals surface area contributed by atoms with Gasteiger partial charge in [-0.15, -0.1) is 0 Å². The Bertz CT molecular complexity index is 2230. The highest BCUT2D eigenvalue weighted by Crippen LogP contribution is 2.27. The molecule has 65 heavy (non-hydrogen) atoms. The second-order valence-corrected chi connectivity index (χ2v) is 16.6. The van der Waals surface area contributed by atoms with Crippen LogP contribution in [0.2, 0.25) is 0 Å². The van der Waals surface area contributed by atoms with Crippen molar-refractivity contribution in [1.29, 1.82) is 0 Å². The molecule has 8 N–H and O–H groups in total. The summed E-state index contributed by atoms with van der Waals surface area (Å²) in [6.45, 7) is 4.31. The lowest BCUT2D eigenvalue weighted by atomic mass is 9.98. The van der Waals surface area contributed by atoms with E-state index in [-0.39, 0.29) is 49.9 Å². The molecule has 14 nitrogen and oxygen atoms in total. The van der Waals surface area contributed by atoms with Crippen LogP contribution in [0.25, 0.3) is 0 Å². The Balaban J connectivity index is 1.31. The lowest BCUT2D eigenvalue weighted by Gasteiger charge is -2.25. The number of carbonyl (C=O) groups is 5. The minimum atomic E-state index is -1.35. The van der Waals surface area contributed by atoms with Crippen LogP contribution in [-0.4, -0.2) is 80.1 Å². The zero-order chi connectivity index (χ0) is 46.6. The Morgan fingerprint density at radius 1 is 0.662 bits per heavy atom. The van der Waals surface area contributed by atoms with Crippen LogP contribution in [0.4, 0.5) is 0 Å². The molecule has 0 saturated carbocycles. The number of hydrogen-bond donors (Lipinski definition) is 7. The van der Waals surface area contributed by atoms with Crippen molar-refractivity contribution in [1.82, 2.24) is 30.8 Å². The van der Waals surface area contributed by atoms with Gasteiger partial charge in [0.25, 0.3) is 0 Å². The van der Waals surface area contributed by atoms with E-state index in [0.717, 1.165) is 48.8 Å².